The summed E-state index contributed by atoms with van der Waals surface area (Å²) >= 11 is 0. The summed E-state index contributed by atoms with van der Waals surface area (Å²) in [5.41, 5.74) is 7.59. The van der Waals surface area contributed by atoms with Crippen LogP contribution in [0.4, 0.5) is 5.82 Å². The molecule has 0 fully saturated rings. The lowest BCUT2D eigenvalue weighted by molar-refractivity contribution is 0.293. The molecule has 2 aromatic rings. The maximum absolute atomic E-state index is 5.65. The summed E-state index contributed by atoms with van der Waals surface area (Å²) < 4.78 is 5.65. The highest BCUT2D eigenvalue weighted by molar-refractivity contribution is 5.32. The number of nitrogens with two attached hydrogens (primary N) is 1. The van der Waals surface area contributed by atoms with Crippen molar-refractivity contribution in [3.05, 3.63) is 47.4 Å². The van der Waals surface area contributed by atoms with Gasteiger partial charge in [0.15, 0.2) is 5.82 Å². The van der Waals surface area contributed by atoms with Crippen molar-refractivity contribution in [2.24, 2.45) is 0 Å². The molecule has 0 spiro atoms. The number of para-hydroxylation sites is 1. The van der Waals surface area contributed by atoms with Crippen molar-refractivity contribution in [2.45, 2.75) is 20.5 Å². The maximum Gasteiger partial charge on any atom is 0.168 e. The van der Waals surface area contributed by atoms with Crippen LogP contribution in [0.25, 0.3) is 0 Å². The molecule has 0 unspecified atom stereocenters. The molecule has 0 radical (unpaired) electrons. The molecule has 0 saturated carbocycles. The van der Waals surface area contributed by atoms with Crippen LogP contribution in [0, 0.1) is 13.8 Å². The molecule has 2 rings (SSSR count). The highest BCUT2D eigenvalue weighted by atomic mass is 16.5. The van der Waals surface area contributed by atoms with Crippen LogP contribution in [0.15, 0.2) is 30.3 Å². The number of ether oxygens (including phenoxy) is 1. The van der Waals surface area contributed by atoms with Gasteiger partial charge in [0.25, 0.3) is 0 Å². The first-order chi connectivity index (χ1) is 8.15. The van der Waals surface area contributed by atoms with Crippen molar-refractivity contribution >= 4 is 5.82 Å². The number of nitrogens with zero attached hydrogens (tertiary/aromatic N) is 2. The molecule has 4 heteroatoms. The van der Waals surface area contributed by atoms with Gasteiger partial charge in [0.05, 0.1) is 0 Å². The van der Waals surface area contributed by atoms with E-state index in [-0.39, 0.29) is 0 Å². The van der Waals surface area contributed by atoms with E-state index in [0.29, 0.717) is 18.2 Å². The molecule has 2 N–H and O–H groups in total. The number of anilines is 1. The Morgan fingerprint density at radius 2 is 1.94 bits per heavy atom. The maximum atomic E-state index is 5.65. The van der Waals surface area contributed by atoms with Crippen LogP contribution in [0.3, 0.4) is 0 Å². The van der Waals surface area contributed by atoms with Crippen LogP contribution in [0.5, 0.6) is 5.75 Å². The van der Waals surface area contributed by atoms with Crippen LogP contribution < -0.4 is 10.5 Å². The van der Waals surface area contributed by atoms with Crippen molar-refractivity contribution in [3.63, 3.8) is 0 Å². The van der Waals surface area contributed by atoms with Crippen molar-refractivity contribution in [1.29, 1.82) is 0 Å². The van der Waals surface area contributed by atoms with Gasteiger partial charge in [-0.25, -0.2) is 9.97 Å². The van der Waals surface area contributed by atoms with Gasteiger partial charge >= 0.3 is 0 Å². The Morgan fingerprint density at radius 1 is 1.18 bits per heavy atom. The minimum absolute atomic E-state index is 0.330. The molecule has 0 aliphatic heterocycles. The molecule has 0 aliphatic carbocycles. The van der Waals surface area contributed by atoms with Gasteiger partial charge in [-0.3, -0.25) is 0 Å². The lowest BCUT2D eigenvalue weighted by atomic mass is 10.2. The van der Waals surface area contributed by atoms with Crippen LogP contribution in [-0.4, -0.2) is 9.97 Å². The Labute approximate surface area is 100 Å². The molecule has 1 heterocycles. The summed E-state index contributed by atoms with van der Waals surface area (Å²) in [6.07, 6.45) is 0. The second kappa shape index (κ2) is 4.82. The van der Waals surface area contributed by atoms with Gasteiger partial charge in [-0.1, -0.05) is 18.2 Å². The molecule has 0 saturated heterocycles. The van der Waals surface area contributed by atoms with Crippen molar-refractivity contribution in [2.75, 3.05) is 5.73 Å². The second-order valence-electron chi connectivity index (χ2n) is 3.90. The largest absolute Gasteiger partial charge is 0.485 e. The molecule has 4 nitrogen and oxygen atoms in total. The first kappa shape index (κ1) is 11.4. The molecular formula is C13H15N3O. The van der Waals surface area contributed by atoms with Crippen molar-refractivity contribution in [3.8, 4) is 5.75 Å². The zero-order chi connectivity index (χ0) is 12.3. The summed E-state index contributed by atoms with van der Waals surface area (Å²) in [6.45, 7) is 4.22. The van der Waals surface area contributed by atoms with Crippen molar-refractivity contribution in [1.82, 2.24) is 9.97 Å². The summed E-state index contributed by atoms with van der Waals surface area (Å²) in [4.78, 5) is 8.38. The molecule has 17 heavy (non-hydrogen) atoms. The number of aryl methyl sites for hydroxylation is 2. The predicted octanol–water partition coefficient (Wildman–Crippen LogP) is 2.25. The topological polar surface area (TPSA) is 61.0 Å². The van der Waals surface area contributed by atoms with Gasteiger partial charge in [-0.2, -0.15) is 0 Å². The summed E-state index contributed by atoms with van der Waals surface area (Å²) in [6, 6.07) is 9.57. The van der Waals surface area contributed by atoms with E-state index in [0.717, 1.165) is 17.0 Å². The molecule has 88 valence electrons. The van der Waals surface area contributed by atoms with Gasteiger partial charge in [0.2, 0.25) is 0 Å². The molecule has 1 aromatic carbocycles. The van der Waals surface area contributed by atoms with E-state index in [1.54, 1.807) is 6.07 Å². The van der Waals surface area contributed by atoms with Gasteiger partial charge < -0.3 is 10.5 Å². The van der Waals surface area contributed by atoms with Crippen molar-refractivity contribution < 1.29 is 4.74 Å². The number of aromatic nitrogens is 2. The van der Waals surface area contributed by atoms with Crippen LogP contribution in [0.2, 0.25) is 0 Å². The molecule has 0 bridgehead atoms. The normalized spacial score (nSPS) is 10.2. The molecule has 0 amide bonds. The number of hydrogen-bond donors (Lipinski definition) is 1. The zero-order valence-corrected chi connectivity index (χ0v) is 9.97. The van der Waals surface area contributed by atoms with E-state index in [4.69, 9.17) is 10.5 Å². The summed E-state index contributed by atoms with van der Waals surface area (Å²) in [5, 5.41) is 0. The lowest BCUT2D eigenvalue weighted by Crippen LogP contribution is -2.05. The van der Waals surface area contributed by atoms with E-state index >= 15 is 0 Å². The third-order valence-corrected chi connectivity index (χ3v) is 2.37. The van der Waals surface area contributed by atoms with E-state index in [1.165, 1.54) is 0 Å². The minimum atomic E-state index is 0.330. The number of nitrogen functional groups attached to an aromatic ring is 1. The fraction of sp³-hybridized carbons (Fsp3) is 0.231. The Morgan fingerprint density at radius 3 is 2.65 bits per heavy atom. The quantitative estimate of drug-likeness (QED) is 0.876. The molecule has 0 aliphatic rings. The highest BCUT2D eigenvalue weighted by Gasteiger charge is 2.02. The van der Waals surface area contributed by atoms with E-state index in [9.17, 15) is 0 Å². The van der Waals surface area contributed by atoms with Gasteiger partial charge in [-0.15, -0.1) is 0 Å². The number of hydrogen-bond acceptors (Lipinski definition) is 4. The fourth-order valence-electron chi connectivity index (χ4n) is 1.58. The Bertz CT molecular complexity index is 506. The van der Waals surface area contributed by atoms with E-state index in [1.807, 2.05) is 38.1 Å². The Kier molecular flexibility index (Phi) is 3.23. The summed E-state index contributed by atoms with van der Waals surface area (Å²) in [5.74, 6) is 1.92. The van der Waals surface area contributed by atoms with Gasteiger partial charge in [0, 0.05) is 11.8 Å². The van der Waals surface area contributed by atoms with Gasteiger partial charge in [0.1, 0.15) is 18.2 Å². The predicted molar refractivity (Wildman–Crippen MR) is 66.7 cm³/mol. The average Bonchev–Trinajstić information content (AvgIpc) is 2.27. The fourth-order valence-corrected chi connectivity index (χ4v) is 1.58. The third-order valence-electron chi connectivity index (χ3n) is 2.37. The third kappa shape index (κ3) is 2.93. The minimum Gasteiger partial charge on any atom is -0.485 e. The van der Waals surface area contributed by atoms with E-state index in [2.05, 4.69) is 9.97 Å². The smallest absolute Gasteiger partial charge is 0.168 e. The number of rotatable bonds is 3. The van der Waals surface area contributed by atoms with Gasteiger partial charge in [-0.05, 0) is 25.5 Å². The Hall–Kier alpha value is -2.10. The zero-order valence-electron chi connectivity index (χ0n) is 9.97. The first-order valence-corrected chi connectivity index (χ1v) is 5.43. The Balaban J connectivity index is 2.10. The van der Waals surface area contributed by atoms with Crippen LogP contribution in [0.1, 0.15) is 17.1 Å². The standard InChI is InChI=1S/C13H15N3O/c1-9-5-3-4-6-11(9)17-8-13-15-10(2)7-12(14)16-13/h3-7H,8H2,1-2H3,(H2,14,15,16). The molecule has 0 atom stereocenters. The number of benzene rings is 1. The SMILES string of the molecule is Cc1cc(N)nc(COc2ccccc2C)n1. The van der Waals surface area contributed by atoms with Crippen LogP contribution in [-0.2, 0) is 6.61 Å². The first-order valence-electron chi connectivity index (χ1n) is 5.43. The van der Waals surface area contributed by atoms with E-state index < -0.39 is 0 Å². The lowest BCUT2D eigenvalue weighted by Gasteiger charge is -2.08. The second-order valence-corrected chi connectivity index (χ2v) is 3.90. The molecular weight excluding hydrogens is 214 g/mol. The highest BCUT2D eigenvalue weighted by Crippen LogP contribution is 2.17. The monoisotopic (exact) mass is 229 g/mol. The molecule has 1 aromatic heterocycles. The average molecular weight is 229 g/mol. The summed E-state index contributed by atoms with van der Waals surface area (Å²) in [7, 11) is 0. The van der Waals surface area contributed by atoms with Crippen LogP contribution >= 0.6 is 0 Å².